The van der Waals surface area contributed by atoms with Crippen LogP contribution in [0.1, 0.15) is 25.3 Å². The van der Waals surface area contributed by atoms with E-state index in [1.54, 1.807) is 6.07 Å². The minimum absolute atomic E-state index is 0.0287. The average Bonchev–Trinajstić information content (AvgIpc) is 2.68. The molecule has 2 nitrogen and oxygen atoms in total. The summed E-state index contributed by atoms with van der Waals surface area (Å²) in [4.78, 5) is 0. The fraction of sp³-hybridized carbons (Fsp3) is 0.500. The van der Waals surface area contributed by atoms with Crippen LogP contribution in [0.25, 0.3) is 0 Å². The summed E-state index contributed by atoms with van der Waals surface area (Å²) in [5.41, 5.74) is 6.40. The van der Waals surface area contributed by atoms with Crippen LogP contribution in [0.2, 0.25) is 0 Å². The Kier molecular flexibility index (Phi) is 2.23. The lowest BCUT2D eigenvalue weighted by atomic mass is 10.0. The van der Waals surface area contributed by atoms with Gasteiger partial charge in [-0.1, -0.05) is 19.9 Å². The molecule has 0 radical (unpaired) electrons. The normalized spacial score (nSPS) is 27.7. The van der Waals surface area contributed by atoms with E-state index >= 15 is 0 Å². The number of benzene rings is 1. The first-order chi connectivity index (χ1) is 6.98. The van der Waals surface area contributed by atoms with Crippen LogP contribution in [0.15, 0.2) is 18.2 Å². The van der Waals surface area contributed by atoms with Gasteiger partial charge in [0, 0.05) is 6.07 Å². The van der Waals surface area contributed by atoms with Gasteiger partial charge in [0.2, 0.25) is 0 Å². The number of hydrogen-bond donors (Lipinski definition) is 2. The predicted octanol–water partition coefficient (Wildman–Crippen LogP) is 2.23. The van der Waals surface area contributed by atoms with E-state index in [0.717, 1.165) is 6.07 Å². The lowest BCUT2D eigenvalue weighted by molar-refractivity contribution is 0.467. The molecular weight excluding hydrogens is 193 g/mol. The molecule has 15 heavy (non-hydrogen) atoms. The van der Waals surface area contributed by atoms with Crippen LogP contribution in [0.5, 0.6) is 5.75 Å². The van der Waals surface area contributed by atoms with Crippen molar-refractivity contribution in [2.75, 3.05) is 6.54 Å². The summed E-state index contributed by atoms with van der Waals surface area (Å²) in [7, 11) is 0. The van der Waals surface area contributed by atoms with Crippen LogP contribution in [0.3, 0.4) is 0 Å². The van der Waals surface area contributed by atoms with Crippen molar-refractivity contribution in [2.45, 2.75) is 19.8 Å². The molecule has 0 spiro atoms. The molecule has 0 aromatic heterocycles. The average molecular weight is 209 g/mol. The number of phenols is 1. The van der Waals surface area contributed by atoms with E-state index in [1.807, 2.05) is 0 Å². The van der Waals surface area contributed by atoms with E-state index in [4.69, 9.17) is 10.8 Å². The Balaban J connectivity index is 2.33. The van der Waals surface area contributed by atoms with Crippen molar-refractivity contribution in [3.63, 3.8) is 0 Å². The molecular formula is C12H16FNO. The van der Waals surface area contributed by atoms with Crippen LogP contribution in [-0.4, -0.2) is 11.7 Å². The maximum absolute atomic E-state index is 13.6. The van der Waals surface area contributed by atoms with E-state index in [1.165, 1.54) is 6.07 Å². The third-order valence-electron chi connectivity index (χ3n) is 3.62. The summed E-state index contributed by atoms with van der Waals surface area (Å²) < 4.78 is 13.6. The number of phenolic OH excluding ortho intramolecular Hbond substituents is 1. The lowest BCUT2D eigenvalue weighted by Gasteiger charge is -2.04. The third kappa shape index (κ3) is 1.51. The fourth-order valence-electron chi connectivity index (χ4n) is 2.57. The van der Waals surface area contributed by atoms with Gasteiger partial charge < -0.3 is 10.8 Å². The summed E-state index contributed by atoms with van der Waals surface area (Å²) in [5.74, 6) is 0.169. The van der Waals surface area contributed by atoms with Crippen LogP contribution in [0, 0.1) is 17.2 Å². The van der Waals surface area contributed by atoms with Gasteiger partial charge in [0.05, 0.1) is 0 Å². The van der Waals surface area contributed by atoms with E-state index in [2.05, 4.69) is 13.8 Å². The molecule has 1 aliphatic rings. The van der Waals surface area contributed by atoms with Gasteiger partial charge in [0.25, 0.3) is 0 Å². The standard InChI is InChI=1S/C12H16FNO/c1-12(2)9(6-14)11(12)8-4-3-7(15)5-10(8)13/h3-5,9,11,15H,6,14H2,1-2H3. The van der Waals surface area contributed by atoms with Crippen molar-refractivity contribution in [1.29, 1.82) is 0 Å². The molecule has 82 valence electrons. The maximum atomic E-state index is 13.6. The van der Waals surface area contributed by atoms with E-state index in [0.29, 0.717) is 18.0 Å². The molecule has 1 saturated carbocycles. The lowest BCUT2D eigenvalue weighted by Crippen LogP contribution is -2.05. The summed E-state index contributed by atoms with van der Waals surface area (Å²) in [6.45, 7) is 4.78. The molecule has 2 atom stereocenters. The molecule has 1 fully saturated rings. The monoisotopic (exact) mass is 209 g/mol. The molecule has 1 aromatic rings. The molecule has 0 aliphatic heterocycles. The molecule has 3 N–H and O–H groups in total. The van der Waals surface area contributed by atoms with Gasteiger partial charge in [0.1, 0.15) is 11.6 Å². The first-order valence-electron chi connectivity index (χ1n) is 5.17. The molecule has 0 heterocycles. The minimum Gasteiger partial charge on any atom is -0.508 e. The molecule has 1 aromatic carbocycles. The Labute approximate surface area is 88.9 Å². The molecule has 3 heteroatoms. The Morgan fingerprint density at radius 1 is 1.47 bits per heavy atom. The number of aromatic hydroxyl groups is 1. The van der Waals surface area contributed by atoms with Crippen LogP contribution in [0.4, 0.5) is 4.39 Å². The summed E-state index contributed by atoms with van der Waals surface area (Å²) >= 11 is 0. The van der Waals surface area contributed by atoms with Gasteiger partial charge in [-0.05, 0) is 35.4 Å². The number of hydrogen-bond acceptors (Lipinski definition) is 2. The second-order valence-electron chi connectivity index (χ2n) is 4.85. The zero-order chi connectivity index (χ0) is 11.2. The highest BCUT2D eigenvalue weighted by atomic mass is 19.1. The number of rotatable bonds is 2. The number of halogens is 1. The van der Waals surface area contributed by atoms with E-state index in [-0.39, 0.29) is 22.9 Å². The van der Waals surface area contributed by atoms with Crippen molar-refractivity contribution < 1.29 is 9.50 Å². The van der Waals surface area contributed by atoms with Gasteiger partial charge in [-0.2, -0.15) is 0 Å². The van der Waals surface area contributed by atoms with Gasteiger partial charge in [0.15, 0.2) is 0 Å². The fourth-order valence-corrected chi connectivity index (χ4v) is 2.57. The first-order valence-corrected chi connectivity index (χ1v) is 5.17. The largest absolute Gasteiger partial charge is 0.508 e. The highest BCUT2D eigenvalue weighted by Crippen LogP contribution is 2.64. The topological polar surface area (TPSA) is 46.2 Å². The van der Waals surface area contributed by atoms with Crippen molar-refractivity contribution in [3.8, 4) is 5.75 Å². The Morgan fingerprint density at radius 3 is 2.60 bits per heavy atom. The minimum atomic E-state index is -0.330. The molecule has 0 amide bonds. The van der Waals surface area contributed by atoms with Crippen LogP contribution >= 0.6 is 0 Å². The SMILES string of the molecule is CC1(C)C(CN)C1c1ccc(O)cc1F. The summed E-state index contributed by atoms with van der Waals surface area (Å²) in [6, 6.07) is 4.35. The first kappa shape index (κ1) is 10.4. The Bertz CT molecular complexity index is 389. The number of nitrogens with two attached hydrogens (primary N) is 1. The van der Waals surface area contributed by atoms with Crippen molar-refractivity contribution in [3.05, 3.63) is 29.6 Å². The molecule has 1 aliphatic carbocycles. The van der Waals surface area contributed by atoms with E-state index in [9.17, 15) is 4.39 Å². The second-order valence-corrected chi connectivity index (χ2v) is 4.85. The second kappa shape index (κ2) is 3.20. The molecule has 2 rings (SSSR count). The zero-order valence-electron chi connectivity index (χ0n) is 9.00. The van der Waals surface area contributed by atoms with Crippen LogP contribution < -0.4 is 5.73 Å². The maximum Gasteiger partial charge on any atom is 0.130 e. The zero-order valence-corrected chi connectivity index (χ0v) is 9.00. The Hall–Kier alpha value is -1.09. The third-order valence-corrected chi connectivity index (χ3v) is 3.62. The molecule has 0 bridgehead atoms. The molecule has 2 unspecified atom stereocenters. The van der Waals surface area contributed by atoms with Gasteiger partial charge >= 0.3 is 0 Å². The van der Waals surface area contributed by atoms with Gasteiger partial charge in [-0.25, -0.2) is 4.39 Å². The highest BCUT2D eigenvalue weighted by Gasteiger charge is 2.57. The van der Waals surface area contributed by atoms with E-state index < -0.39 is 0 Å². The highest BCUT2D eigenvalue weighted by molar-refractivity contribution is 5.36. The summed E-state index contributed by atoms with van der Waals surface area (Å²) in [5, 5.41) is 9.13. The summed E-state index contributed by atoms with van der Waals surface area (Å²) in [6.07, 6.45) is 0. The smallest absolute Gasteiger partial charge is 0.130 e. The van der Waals surface area contributed by atoms with Gasteiger partial charge in [-0.3, -0.25) is 0 Å². The van der Waals surface area contributed by atoms with Crippen molar-refractivity contribution in [2.24, 2.45) is 17.1 Å². The quantitative estimate of drug-likeness (QED) is 0.784. The Morgan fingerprint density at radius 2 is 2.13 bits per heavy atom. The predicted molar refractivity (Wildman–Crippen MR) is 57.1 cm³/mol. The van der Waals surface area contributed by atoms with Crippen molar-refractivity contribution >= 4 is 0 Å². The van der Waals surface area contributed by atoms with Crippen LogP contribution in [-0.2, 0) is 0 Å². The van der Waals surface area contributed by atoms with Crippen molar-refractivity contribution in [1.82, 2.24) is 0 Å². The van der Waals surface area contributed by atoms with Gasteiger partial charge in [-0.15, -0.1) is 0 Å². The molecule has 0 saturated heterocycles.